The van der Waals surface area contributed by atoms with Gasteiger partial charge >= 0.3 is 0 Å². The van der Waals surface area contributed by atoms with Crippen molar-refractivity contribution < 1.29 is 23.8 Å². The van der Waals surface area contributed by atoms with Gasteiger partial charge in [-0.05, 0) is 30.5 Å². The van der Waals surface area contributed by atoms with E-state index in [9.17, 15) is 9.59 Å². The fourth-order valence-electron chi connectivity index (χ4n) is 3.47. The molecule has 0 spiro atoms. The number of nitrogens with one attached hydrogen (secondary N) is 1. The molecule has 1 aromatic rings. The molecule has 2 aliphatic rings. The summed E-state index contributed by atoms with van der Waals surface area (Å²) in [7, 11) is 3.20. The quantitative estimate of drug-likeness (QED) is 0.584. The minimum atomic E-state index is -0.336. The molecule has 2 fully saturated rings. The first kappa shape index (κ1) is 18.8. The fraction of sp³-hybridized carbons (Fsp3) is 0.579. The van der Waals surface area contributed by atoms with Crippen molar-refractivity contribution in [2.24, 2.45) is 0 Å². The summed E-state index contributed by atoms with van der Waals surface area (Å²) >= 11 is 0. The van der Waals surface area contributed by atoms with Gasteiger partial charge in [0, 0.05) is 39.4 Å². The highest BCUT2D eigenvalue weighted by Crippen LogP contribution is 2.28. The number of carbonyl (C=O) groups excluding carboxylic acids is 2. The van der Waals surface area contributed by atoms with E-state index in [2.05, 4.69) is 10.2 Å². The maximum Gasteiger partial charge on any atom is 0.234 e. The Hall–Kier alpha value is -1.96. The van der Waals surface area contributed by atoms with E-state index in [1.807, 2.05) is 24.3 Å². The first-order valence-electron chi connectivity index (χ1n) is 8.96. The Balaban J connectivity index is 1.54. The molecule has 7 nitrogen and oxygen atoms in total. The van der Waals surface area contributed by atoms with Crippen molar-refractivity contribution in [2.45, 2.75) is 37.6 Å². The third kappa shape index (κ3) is 4.41. The molecule has 0 saturated carbocycles. The highest BCUT2D eigenvalue weighted by atomic mass is 16.7. The van der Waals surface area contributed by atoms with Gasteiger partial charge in [-0.3, -0.25) is 14.9 Å². The van der Waals surface area contributed by atoms with Crippen molar-refractivity contribution in [3.63, 3.8) is 0 Å². The van der Waals surface area contributed by atoms with Crippen molar-refractivity contribution in [2.75, 3.05) is 38.8 Å². The van der Waals surface area contributed by atoms with Gasteiger partial charge in [-0.25, -0.2) is 0 Å². The molecule has 1 aromatic carbocycles. The Labute approximate surface area is 153 Å². The zero-order valence-electron chi connectivity index (χ0n) is 15.3. The number of methoxy groups -OCH3 is 2. The molecule has 2 atom stereocenters. The van der Waals surface area contributed by atoms with Crippen molar-refractivity contribution >= 4 is 17.5 Å². The van der Waals surface area contributed by atoms with E-state index in [-0.39, 0.29) is 30.1 Å². The predicted octanol–water partition coefficient (Wildman–Crippen LogP) is 1.42. The van der Waals surface area contributed by atoms with Crippen LogP contribution in [0.4, 0.5) is 5.69 Å². The van der Waals surface area contributed by atoms with Crippen LogP contribution in [0.3, 0.4) is 0 Å². The average molecular weight is 362 g/mol. The van der Waals surface area contributed by atoms with Crippen LogP contribution >= 0.6 is 0 Å². The lowest BCUT2D eigenvalue weighted by atomic mass is 9.90. The Kier molecular flexibility index (Phi) is 6.24. The average Bonchev–Trinajstić information content (AvgIpc) is 3.12. The largest absolute Gasteiger partial charge is 0.371 e. The summed E-state index contributed by atoms with van der Waals surface area (Å²) in [6.45, 7) is 2.16. The molecule has 0 aromatic heterocycles. The first-order valence-corrected chi connectivity index (χ1v) is 8.96. The third-order valence-electron chi connectivity index (χ3n) is 5.04. The minimum Gasteiger partial charge on any atom is -0.371 e. The van der Waals surface area contributed by atoms with Gasteiger partial charge in [0.2, 0.25) is 11.8 Å². The monoisotopic (exact) mass is 362 g/mol. The van der Waals surface area contributed by atoms with Gasteiger partial charge in [-0.2, -0.15) is 0 Å². The normalized spacial score (nSPS) is 23.6. The number of hydrogen-bond donors (Lipinski definition) is 1. The van der Waals surface area contributed by atoms with Gasteiger partial charge in [-0.15, -0.1) is 0 Å². The van der Waals surface area contributed by atoms with Crippen LogP contribution in [0, 0.1) is 0 Å². The standard InChI is InChI=1S/C19H26N2O5/c1-24-18(25-2)12-26-15-9-10-21(11-15)14-5-3-13(4-6-14)16-7-8-17(22)20-19(16)23/h3-6,15-16,18H,7-12H2,1-2H3,(H,20,22,23)/t15-,16?/m1/s1. The van der Waals surface area contributed by atoms with E-state index in [1.54, 1.807) is 14.2 Å². The van der Waals surface area contributed by atoms with Gasteiger partial charge < -0.3 is 19.1 Å². The van der Waals surface area contributed by atoms with Gasteiger partial charge in [0.25, 0.3) is 0 Å². The molecule has 0 radical (unpaired) electrons. The third-order valence-corrected chi connectivity index (χ3v) is 5.04. The number of benzene rings is 1. The minimum absolute atomic E-state index is 0.151. The topological polar surface area (TPSA) is 77.1 Å². The van der Waals surface area contributed by atoms with E-state index in [0.717, 1.165) is 30.8 Å². The van der Waals surface area contributed by atoms with Crippen LogP contribution in [0.5, 0.6) is 0 Å². The van der Waals surface area contributed by atoms with Gasteiger partial charge in [0.1, 0.15) is 0 Å². The Morgan fingerprint density at radius 2 is 1.88 bits per heavy atom. The van der Waals surface area contributed by atoms with Crippen LogP contribution in [0.2, 0.25) is 0 Å². The molecule has 3 rings (SSSR count). The first-order chi connectivity index (χ1) is 12.6. The van der Waals surface area contributed by atoms with Crippen LogP contribution < -0.4 is 10.2 Å². The molecule has 142 valence electrons. The molecular weight excluding hydrogens is 336 g/mol. The molecule has 0 bridgehead atoms. The zero-order valence-corrected chi connectivity index (χ0v) is 15.3. The number of imide groups is 1. The van der Waals surface area contributed by atoms with Crippen LogP contribution in [-0.4, -0.2) is 58.1 Å². The molecule has 2 saturated heterocycles. The number of hydrogen-bond acceptors (Lipinski definition) is 6. The molecular formula is C19H26N2O5. The van der Waals surface area contributed by atoms with Crippen molar-refractivity contribution in [1.29, 1.82) is 0 Å². The maximum atomic E-state index is 12.0. The maximum absolute atomic E-state index is 12.0. The van der Waals surface area contributed by atoms with Crippen molar-refractivity contribution in [3.8, 4) is 0 Å². The van der Waals surface area contributed by atoms with Crippen LogP contribution in [0.15, 0.2) is 24.3 Å². The van der Waals surface area contributed by atoms with E-state index in [4.69, 9.17) is 14.2 Å². The van der Waals surface area contributed by atoms with Gasteiger partial charge in [0.15, 0.2) is 6.29 Å². The van der Waals surface area contributed by atoms with Crippen LogP contribution in [0.1, 0.15) is 30.7 Å². The number of amides is 2. The zero-order chi connectivity index (χ0) is 18.5. The van der Waals surface area contributed by atoms with Crippen LogP contribution in [-0.2, 0) is 23.8 Å². The number of carbonyl (C=O) groups is 2. The molecule has 2 amide bonds. The smallest absolute Gasteiger partial charge is 0.234 e. The summed E-state index contributed by atoms with van der Waals surface area (Å²) in [5.41, 5.74) is 2.07. The summed E-state index contributed by atoms with van der Waals surface area (Å²) in [6.07, 6.45) is 1.74. The molecule has 7 heteroatoms. The van der Waals surface area contributed by atoms with Crippen molar-refractivity contribution in [3.05, 3.63) is 29.8 Å². The van der Waals surface area contributed by atoms with E-state index < -0.39 is 0 Å². The summed E-state index contributed by atoms with van der Waals surface area (Å²) in [5.74, 6) is -0.624. The number of nitrogens with zero attached hydrogens (tertiary/aromatic N) is 1. The number of piperidine rings is 1. The lowest BCUT2D eigenvalue weighted by Crippen LogP contribution is -2.39. The highest BCUT2D eigenvalue weighted by molar-refractivity contribution is 6.00. The molecule has 1 unspecified atom stereocenters. The SMILES string of the molecule is COC(CO[C@@H]1CCN(c2ccc(C3CCC(=O)NC3=O)cc2)C1)OC. The van der Waals surface area contributed by atoms with Crippen molar-refractivity contribution in [1.82, 2.24) is 5.32 Å². The second-order valence-corrected chi connectivity index (χ2v) is 6.69. The second-order valence-electron chi connectivity index (χ2n) is 6.69. The predicted molar refractivity (Wildman–Crippen MR) is 95.9 cm³/mol. The van der Waals surface area contributed by atoms with E-state index in [1.165, 1.54) is 0 Å². The van der Waals surface area contributed by atoms with E-state index >= 15 is 0 Å². The Morgan fingerprint density at radius 3 is 2.54 bits per heavy atom. The molecule has 2 aliphatic heterocycles. The number of rotatable bonds is 7. The van der Waals surface area contributed by atoms with Crippen LogP contribution in [0.25, 0.3) is 0 Å². The second kappa shape index (κ2) is 8.62. The Morgan fingerprint density at radius 1 is 1.15 bits per heavy atom. The lowest BCUT2D eigenvalue weighted by molar-refractivity contribution is -0.149. The summed E-state index contributed by atoms with van der Waals surface area (Å²) < 4.78 is 16.1. The highest BCUT2D eigenvalue weighted by Gasteiger charge is 2.28. The van der Waals surface area contributed by atoms with Gasteiger partial charge in [-0.1, -0.05) is 12.1 Å². The summed E-state index contributed by atoms with van der Waals surface area (Å²) in [4.78, 5) is 25.5. The van der Waals surface area contributed by atoms with E-state index in [0.29, 0.717) is 19.4 Å². The summed E-state index contributed by atoms with van der Waals surface area (Å²) in [5, 5.41) is 2.41. The van der Waals surface area contributed by atoms with Gasteiger partial charge in [0.05, 0.1) is 18.6 Å². The molecule has 26 heavy (non-hydrogen) atoms. The fourth-order valence-corrected chi connectivity index (χ4v) is 3.47. The number of anilines is 1. The molecule has 1 N–H and O–H groups in total. The lowest BCUT2D eigenvalue weighted by Gasteiger charge is -2.23. The molecule has 2 heterocycles. The summed E-state index contributed by atoms with van der Waals surface area (Å²) in [6, 6.07) is 8.04. The Bertz CT molecular complexity index is 629. The number of ether oxygens (including phenoxy) is 3. The molecule has 0 aliphatic carbocycles.